The first kappa shape index (κ1) is 11.4. The standard InChI is InChI=1S/C9H18N2O3/c1-6-2-10-3-8(6)9(14)11-7(4-12)5-13/h6-8,10,12-13H,2-5H2,1H3,(H,11,14). The first-order valence-electron chi connectivity index (χ1n) is 4.91. The molecular weight excluding hydrogens is 184 g/mol. The molecule has 1 aliphatic rings. The van der Waals surface area contributed by atoms with E-state index in [4.69, 9.17) is 10.2 Å². The van der Waals surface area contributed by atoms with Crippen LogP contribution in [0.3, 0.4) is 0 Å². The van der Waals surface area contributed by atoms with Crippen LogP contribution in [0.4, 0.5) is 0 Å². The Balaban J connectivity index is 2.40. The molecule has 1 fully saturated rings. The van der Waals surface area contributed by atoms with E-state index in [0.29, 0.717) is 12.5 Å². The summed E-state index contributed by atoms with van der Waals surface area (Å²) in [6.07, 6.45) is 0. The second-order valence-electron chi connectivity index (χ2n) is 3.81. The molecule has 0 spiro atoms. The molecule has 0 bridgehead atoms. The van der Waals surface area contributed by atoms with Crippen LogP contribution < -0.4 is 10.6 Å². The van der Waals surface area contributed by atoms with Gasteiger partial charge in [-0.05, 0) is 12.5 Å². The fourth-order valence-electron chi connectivity index (χ4n) is 1.62. The number of carbonyl (C=O) groups is 1. The average molecular weight is 202 g/mol. The van der Waals surface area contributed by atoms with Gasteiger partial charge in [-0.25, -0.2) is 0 Å². The van der Waals surface area contributed by atoms with Gasteiger partial charge in [-0.2, -0.15) is 0 Å². The van der Waals surface area contributed by atoms with Gasteiger partial charge in [-0.1, -0.05) is 6.92 Å². The molecule has 2 unspecified atom stereocenters. The third kappa shape index (κ3) is 2.67. The Morgan fingerprint density at radius 3 is 2.57 bits per heavy atom. The van der Waals surface area contributed by atoms with Crippen molar-refractivity contribution in [2.24, 2.45) is 11.8 Å². The maximum absolute atomic E-state index is 11.6. The maximum atomic E-state index is 11.6. The Hall–Kier alpha value is -0.650. The second-order valence-corrected chi connectivity index (χ2v) is 3.81. The molecule has 0 radical (unpaired) electrons. The molecule has 4 N–H and O–H groups in total. The van der Waals surface area contributed by atoms with Crippen molar-refractivity contribution in [1.82, 2.24) is 10.6 Å². The summed E-state index contributed by atoms with van der Waals surface area (Å²) in [5.41, 5.74) is 0. The van der Waals surface area contributed by atoms with E-state index in [1.807, 2.05) is 6.92 Å². The van der Waals surface area contributed by atoms with E-state index in [9.17, 15) is 4.79 Å². The van der Waals surface area contributed by atoms with E-state index in [0.717, 1.165) is 6.54 Å². The minimum absolute atomic E-state index is 0.0457. The summed E-state index contributed by atoms with van der Waals surface area (Å²) in [6.45, 7) is 3.09. The fraction of sp³-hybridized carbons (Fsp3) is 0.889. The van der Waals surface area contributed by atoms with Gasteiger partial charge in [-0.3, -0.25) is 4.79 Å². The highest BCUT2D eigenvalue weighted by Gasteiger charge is 2.30. The van der Waals surface area contributed by atoms with Crippen molar-refractivity contribution in [2.45, 2.75) is 13.0 Å². The number of hydrogen-bond donors (Lipinski definition) is 4. The van der Waals surface area contributed by atoms with Gasteiger partial charge in [0.25, 0.3) is 0 Å². The van der Waals surface area contributed by atoms with Gasteiger partial charge >= 0.3 is 0 Å². The largest absolute Gasteiger partial charge is 0.394 e. The van der Waals surface area contributed by atoms with E-state index < -0.39 is 6.04 Å². The van der Waals surface area contributed by atoms with Crippen molar-refractivity contribution in [2.75, 3.05) is 26.3 Å². The van der Waals surface area contributed by atoms with Crippen LogP contribution in [0.25, 0.3) is 0 Å². The first-order chi connectivity index (χ1) is 6.69. The third-order valence-corrected chi connectivity index (χ3v) is 2.64. The van der Waals surface area contributed by atoms with Gasteiger partial charge in [0.05, 0.1) is 25.2 Å². The summed E-state index contributed by atoms with van der Waals surface area (Å²) in [5, 5.41) is 23.3. The number of aliphatic hydroxyl groups is 2. The van der Waals surface area contributed by atoms with E-state index in [1.54, 1.807) is 0 Å². The lowest BCUT2D eigenvalue weighted by molar-refractivity contribution is -0.126. The van der Waals surface area contributed by atoms with Crippen LogP contribution in [-0.2, 0) is 4.79 Å². The van der Waals surface area contributed by atoms with Crippen LogP contribution in [0.5, 0.6) is 0 Å². The van der Waals surface area contributed by atoms with E-state index >= 15 is 0 Å². The van der Waals surface area contributed by atoms with Gasteiger partial charge in [0.1, 0.15) is 0 Å². The number of rotatable bonds is 4. The number of nitrogens with one attached hydrogen (secondary N) is 2. The van der Waals surface area contributed by atoms with Crippen molar-refractivity contribution in [1.29, 1.82) is 0 Å². The molecule has 1 amide bonds. The summed E-state index contributed by atoms with van der Waals surface area (Å²) in [6, 6.07) is -0.532. The van der Waals surface area contributed by atoms with Crippen LogP contribution in [0.15, 0.2) is 0 Å². The van der Waals surface area contributed by atoms with Crippen LogP contribution in [0.1, 0.15) is 6.92 Å². The molecule has 14 heavy (non-hydrogen) atoms. The lowest BCUT2D eigenvalue weighted by atomic mass is 9.97. The van der Waals surface area contributed by atoms with Crippen LogP contribution >= 0.6 is 0 Å². The molecule has 1 rings (SSSR count). The van der Waals surface area contributed by atoms with Crippen LogP contribution in [0, 0.1) is 11.8 Å². The zero-order chi connectivity index (χ0) is 10.6. The van der Waals surface area contributed by atoms with Gasteiger partial charge in [-0.15, -0.1) is 0 Å². The van der Waals surface area contributed by atoms with Gasteiger partial charge in [0.2, 0.25) is 5.91 Å². The summed E-state index contributed by atoms with van der Waals surface area (Å²) >= 11 is 0. The Morgan fingerprint density at radius 2 is 2.14 bits per heavy atom. The molecule has 82 valence electrons. The molecule has 1 aliphatic heterocycles. The van der Waals surface area contributed by atoms with E-state index in [2.05, 4.69) is 10.6 Å². The highest BCUT2D eigenvalue weighted by molar-refractivity contribution is 5.79. The molecule has 1 saturated heterocycles. The molecule has 0 saturated carbocycles. The Kier molecular flexibility index (Phi) is 4.31. The lowest BCUT2D eigenvalue weighted by Gasteiger charge is -2.18. The molecule has 0 aromatic rings. The van der Waals surface area contributed by atoms with Gasteiger partial charge < -0.3 is 20.8 Å². The smallest absolute Gasteiger partial charge is 0.225 e. The van der Waals surface area contributed by atoms with Crippen molar-refractivity contribution in [3.8, 4) is 0 Å². The number of hydrogen-bond acceptors (Lipinski definition) is 4. The molecule has 1 heterocycles. The predicted molar refractivity (Wildman–Crippen MR) is 51.6 cm³/mol. The quantitative estimate of drug-likeness (QED) is 0.438. The molecule has 5 heteroatoms. The maximum Gasteiger partial charge on any atom is 0.225 e. The zero-order valence-corrected chi connectivity index (χ0v) is 8.36. The summed E-state index contributed by atoms with van der Waals surface area (Å²) in [5.74, 6) is 0.180. The molecule has 0 aromatic carbocycles. The summed E-state index contributed by atoms with van der Waals surface area (Å²) < 4.78 is 0. The Labute approximate surface area is 83.5 Å². The lowest BCUT2D eigenvalue weighted by Crippen LogP contribution is -2.44. The Morgan fingerprint density at radius 1 is 1.50 bits per heavy atom. The minimum atomic E-state index is -0.532. The monoisotopic (exact) mass is 202 g/mol. The molecular formula is C9H18N2O3. The second kappa shape index (κ2) is 5.29. The van der Waals surface area contributed by atoms with Crippen molar-refractivity contribution < 1.29 is 15.0 Å². The molecule has 2 atom stereocenters. The Bertz CT molecular complexity index is 194. The molecule has 0 aromatic heterocycles. The molecule has 0 aliphatic carbocycles. The summed E-state index contributed by atoms with van der Waals surface area (Å²) in [7, 11) is 0. The van der Waals surface area contributed by atoms with Crippen LogP contribution in [0.2, 0.25) is 0 Å². The van der Waals surface area contributed by atoms with Crippen molar-refractivity contribution in [3.63, 3.8) is 0 Å². The number of aliphatic hydroxyl groups excluding tert-OH is 2. The predicted octanol–water partition coefficient (Wildman–Crippen LogP) is -1.69. The van der Waals surface area contributed by atoms with Crippen molar-refractivity contribution in [3.05, 3.63) is 0 Å². The minimum Gasteiger partial charge on any atom is -0.394 e. The number of amides is 1. The van der Waals surface area contributed by atoms with Gasteiger partial charge in [0, 0.05) is 6.54 Å². The zero-order valence-electron chi connectivity index (χ0n) is 8.36. The molecule has 5 nitrogen and oxygen atoms in total. The SMILES string of the molecule is CC1CNCC1C(=O)NC(CO)CO. The topological polar surface area (TPSA) is 81.6 Å². The van der Waals surface area contributed by atoms with E-state index in [-0.39, 0.29) is 25.0 Å². The van der Waals surface area contributed by atoms with Crippen molar-refractivity contribution >= 4 is 5.91 Å². The summed E-state index contributed by atoms with van der Waals surface area (Å²) in [4.78, 5) is 11.6. The normalized spacial score (nSPS) is 26.9. The highest BCUT2D eigenvalue weighted by atomic mass is 16.3. The van der Waals surface area contributed by atoms with Crippen LogP contribution in [-0.4, -0.2) is 48.5 Å². The fourth-order valence-corrected chi connectivity index (χ4v) is 1.62. The number of carbonyl (C=O) groups excluding carboxylic acids is 1. The highest BCUT2D eigenvalue weighted by Crippen LogP contribution is 2.15. The third-order valence-electron chi connectivity index (χ3n) is 2.64. The first-order valence-corrected chi connectivity index (χ1v) is 4.91. The van der Waals surface area contributed by atoms with E-state index in [1.165, 1.54) is 0 Å². The average Bonchev–Trinajstić information content (AvgIpc) is 2.60. The van der Waals surface area contributed by atoms with Gasteiger partial charge in [0.15, 0.2) is 0 Å².